The van der Waals surface area contributed by atoms with Crippen LogP contribution >= 0.6 is 15.9 Å². The molecule has 2 saturated carbocycles. The second kappa shape index (κ2) is 5.90. The molecule has 1 aromatic rings. The van der Waals surface area contributed by atoms with Crippen LogP contribution in [-0.2, 0) is 16.0 Å². The van der Waals surface area contributed by atoms with Gasteiger partial charge in [-0.2, -0.15) is 0 Å². The smallest absolute Gasteiger partial charge is 0.308 e. The lowest BCUT2D eigenvalue weighted by Crippen LogP contribution is -2.42. The van der Waals surface area contributed by atoms with E-state index in [1.807, 2.05) is 0 Å². The van der Waals surface area contributed by atoms with Gasteiger partial charge in [-0.25, -0.2) is 4.39 Å². The highest BCUT2D eigenvalue weighted by Crippen LogP contribution is 2.60. The average Bonchev–Trinajstić information content (AvgIpc) is 2.79. The molecule has 3 aliphatic rings. The van der Waals surface area contributed by atoms with Crippen molar-refractivity contribution in [3.8, 4) is 5.75 Å². The van der Waals surface area contributed by atoms with E-state index >= 15 is 0 Å². The Bertz CT molecular complexity index is 762. The van der Waals surface area contributed by atoms with E-state index in [0.29, 0.717) is 23.5 Å². The maximum atomic E-state index is 14.4. The second-order valence-corrected chi connectivity index (χ2v) is 9.12. The summed E-state index contributed by atoms with van der Waals surface area (Å²) >= 11 is 3.56. The Morgan fingerprint density at radius 1 is 1.36 bits per heavy atom. The van der Waals surface area contributed by atoms with E-state index in [2.05, 4.69) is 22.9 Å². The number of rotatable bonds is 1. The minimum atomic E-state index is -0.506. The SMILES string of the molecule is CC(=O)Oc1cc2c(cc1F)[C@H]1CC[C@]3(C)C(=O)[C@H](Br)C[C@H]3[C@@H]1CC2. The number of hydrogen-bond acceptors (Lipinski definition) is 3. The van der Waals surface area contributed by atoms with Crippen molar-refractivity contribution >= 4 is 27.7 Å². The number of aryl methyl sites for hydroxylation is 1. The van der Waals surface area contributed by atoms with Crippen molar-refractivity contribution < 1.29 is 18.7 Å². The number of benzene rings is 1. The highest BCUT2D eigenvalue weighted by atomic mass is 79.9. The third-order valence-electron chi connectivity index (χ3n) is 6.73. The van der Waals surface area contributed by atoms with Gasteiger partial charge in [0.25, 0.3) is 0 Å². The normalized spacial score (nSPS) is 36.4. The zero-order valence-electron chi connectivity index (χ0n) is 14.5. The molecule has 0 spiro atoms. The van der Waals surface area contributed by atoms with Crippen molar-refractivity contribution in [2.75, 3.05) is 0 Å². The van der Waals surface area contributed by atoms with Crippen molar-refractivity contribution in [3.63, 3.8) is 0 Å². The molecule has 0 heterocycles. The molecule has 0 saturated heterocycles. The van der Waals surface area contributed by atoms with Gasteiger partial charge < -0.3 is 4.74 Å². The molecule has 0 aliphatic heterocycles. The molecule has 5 heteroatoms. The molecule has 0 N–H and O–H groups in total. The minimum absolute atomic E-state index is 0.0296. The second-order valence-electron chi connectivity index (χ2n) is 8.01. The summed E-state index contributed by atoms with van der Waals surface area (Å²) in [5.41, 5.74) is 1.91. The topological polar surface area (TPSA) is 43.4 Å². The van der Waals surface area contributed by atoms with Crippen molar-refractivity contribution in [1.29, 1.82) is 0 Å². The van der Waals surface area contributed by atoms with Gasteiger partial charge in [-0.05, 0) is 73.1 Å². The lowest BCUT2D eigenvalue weighted by Gasteiger charge is -2.48. The molecule has 5 atom stereocenters. The van der Waals surface area contributed by atoms with Gasteiger partial charge in [-0.3, -0.25) is 9.59 Å². The highest BCUT2D eigenvalue weighted by Gasteiger charge is 2.57. The Balaban J connectivity index is 1.69. The van der Waals surface area contributed by atoms with Gasteiger partial charge in [-0.1, -0.05) is 22.9 Å². The number of carbonyl (C=O) groups is 2. The van der Waals surface area contributed by atoms with E-state index in [0.717, 1.165) is 43.2 Å². The summed E-state index contributed by atoms with van der Waals surface area (Å²) in [7, 11) is 0. The Morgan fingerprint density at radius 2 is 2.12 bits per heavy atom. The van der Waals surface area contributed by atoms with Crippen molar-refractivity contribution in [3.05, 3.63) is 29.1 Å². The first kappa shape index (κ1) is 17.2. The fraction of sp³-hybridized carbons (Fsp3) is 0.600. The summed E-state index contributed by atoms with van der Waals surface area (Å²) in [4.78, 5) is 23.7. The minimum Gasteiger partial charge on any atom is -0.424 e. The van der Waals surface area contributed by atoms with Crippen LogP contribution in [0, 0.1) is 23.1 Å². The first-order valence-electron chi connectivity index (χ1n) is 9.00. The van der Waals surface area contributed by atoms with Crippen LogP contribution < -0.4 is 4.74 Å². The average molecular weight is 409 g/mol. The van der Waals surface area contributed by atoms with Gasteiger partial charge in [0.05, 0.1) is 4.83 Å². The monoisotopic (exact) mass is 408 g/mol. The predicted molar refractivity (Wildman–Crippen MR) is 95.4 cm³/mol. The van der Waals surface area contributed by atoms with Gasteiger partial charge in [0, 0.05) is 12.3 Å². The lowest BCUT2D eigenvalue weighted by atomic mass is 9.55. The molecule has 0 unspecified atom stereocenters. The molecule has 4 rings (SSSR count). The van der Waals surface area contributed by atoms with Crippen LogP contribution in [-0.4, -0.2) is 16.6 Å². The zero-order chi connectivity index (χ0) is 17.9. The first-order chi connectivity index (χ1) is 11.8. The lowest BCUT2D eigenvalue weighted by molar-refractivity contribution is -0.132. The Morgan fingerprint density at radius 3 is 2.84 bits per heavy atom. The number of ketones is 1. The van der Waals surface area contributed by atoms with Gasteiger partial charge in [0.2, 0.25) is 0 Å². The van der Waals surface area contributed by atoms with Crippen molar-refractivity contribution in [2.45, 2.75) is 56.7 Å². The Kier molecular flexibility index (Phi) is 4.06. The maximum Gasteiger partial charge on any atom is 0.308 e. The van der Waals surface area contributed by atoms with E-state index in [-0.39, 0.29) is 16.0 Å². The molecule has 3 aliphatic carbocycles. The van der Waals surface area contributed by atoms with Crippen LogP contribution in [0.15, 0.2) is 12.1 Å². The van der Waals surface area contributed by atoms with E-state index < -0.39 is 11.8 Å². The molecular formula is C20H22BrFO3. The van der Waals surface area contributed by atoms with Gasteiger partial charge >= 0.3 is 5.97 Å². The zero-order valence-corrected chi connectivity index (χ0v) is 16.1. The summed E-state index contributed by atoms with van der Waals surface area (Å²) < 4.78 is 19.4. The molecular weight excluding hydrogens is 387 g/mol. The number of halogens is 2. The summed E-state index contributed by atoms with van der Waals surface area (Å²) in [5.74, 6) is 0.496. The summed E-state index contributed by atoms with van der Waals surface area (Å²) in [6.07, 6.45) is 4.53. The quantitative estimate of drug-likeness (QED) is 0.388. The molecule has 25 heavy (non-hydrogen) atoms. The molecule has 0 amide bonds. The van der Waals surface area contributed by atoms with Gasteiger partial charge in [0.1, 0.15) is 0 Å². The van der Waals surface area contributed by atoms with Crippen LogP contribution in [0.3, 0.4) is 0 Å². The molecule has 0 bridgehead atoms. The number of alkyl halides is 1. The number of hydrogen-bond donors (Lipinski definition) is 0. The number of ether oxygens (including phenoxy) is 1. The summed E-state index contributed by atoms with van der Waals surface area (Å²) in [5, 5.41) is 0. The molecule has 134 valence electrons. The third kappa shape index (κ3) is 2.57. The van der Waals surface area contributed by atoms with Crippen LogP contribution in [0.2, 0.25) is 0 Å². The Labute approximate surface area is 155 Å². The fourth-order valence-corrected chi connectivity index (χ4v) is 6.48. The fourth-order valence-electron chi connectivity index (χ4n) is 5.55. The number of carbonyl (C=O) groups excluding carboxylic acids is 2. The largest absolute Gasteiger partial charge is 0.424 e. The van der Waals surface area contributed by atoms with E-state index in [4.69, 9.17) is 4.74 Å². The Hall–Kier alpha value is -1.23. The molecule has 1 aromatic carbocycles. The molecule has 2 fully saturated rings. The van der Waals surface area contributed by atoms with E-state index in [1.165, 1.54) is 6.92 Å². The van der Waals surface area contributed by atoms with Crippen LogP contribution in [0.25, 0.3) is 0 Å². The van der Waals surface area contributed by atoms with Gasteiger partial charge in [0.15, 0.2) is 17.3 Å². The number of esters is 1. The highest BCUT2D eigenvalue weighted by molar-refractivity contribution is 9.10. The summed E-state index contributed by atoms with van der Waals surface area (Å²) in [6, 6.07) is 3.26. The third-order valence-corrected chi connectivity index (χ3v) is 7.52. The number of fused-ring (bicyclic) bond motifs is 5. The summed E-state index contributed by atoms with van der Waals surface area (Å²) in [6.45, 7) is 3.40. The molecule has 0 radical (unpaired) electrons. The standard InChI is InChI=1S/C20H22BrFO3/c1-10(23)25-18-7-11-3-4-13-12(14(11)8-17(18)22)5-6-20(2)15(13)9-16(21)19(20)24/h7-8,12-13,15-16H,3-6,9H2,1-2H3/t12-,13+,15-,16+,20-/m0/s1. The maximum absolute atomic E-state index is 14.4. The molecule has 0 aromatic heterocycles. The van der Waals surface area contributed by atoms with Gasteiger partial charge in [-0.15, -0.1) is 0 Å². The van der Waals surface area contributed by atoms with Crippen LogP contribution in [0.4, 0.5) is 4.39 Å². The number of Topliss-reactive ketones (excluding diaryl/α,β-unsaturated/α-hetero) is 1. The van der Waals surface area contributed by atoms with Crippen molar-refractivity contribution in [2.24, 2.45) is 17.3 Å². The molecule has 3 nitrogen and oxygen atoms in total. The van der Waals surface area contributed by atoms with Crippen molar-refractivity contribution in [1.82, 2.24) is 0 Å². The predicted octanol–water partition coefficient (Wildman–Crippen LogP) is 4.55. The first-order valence-corrected chi connectivity index (χ1v) is 9.92. The van der Waals surface area contributed by atoms with E-state index in [1.54, 1.807) is 12.1 Å². The van der Waals surface area contributed by atoms with E-state index in [9.17, 15) is 14.0 Å². The van der Waals surface area contributed by atoms with Crippen LogP contribution in [0.1, 0.15) is 56.6 Å². The van der Waals surface area contributed by atoms with Crippen LogP contribution in [0.5, 0.6) is 5.75 Å².